The summed E-state index contributed by atoms with van der Waals surface area (Å²) in [6.07, 6.45) is 6.44. The largest absolute Gasteiger partial charge is 0.367 e. The number of nitrogens with two attached hydrogens (primary N) is 1. The van der Waals surface area contributed by atoms with Crippen molar-refractivity contribution in [1.82, 2.24) is 5.32 Å². The van der Waals surface area contributed by atoms with E-state index < -0.39 is 0 Å². The lowest BCUT2D eigenvalue weighted by atomic mass is 10.2. The molecule has 1 radical (unpaired) electrons. The van der Waals surface area contributed by atoms with Crippen LogP contribution in [0.5, 0.6) is 0 Å². The molecule has 1 rings (SSSR count). The van der Waals surface area contributed by atoms with Crippen LogP contribution in [0.3, 0.4) is 0 Å². The lowest BCUT2D eigenvalue weighted by Crippen LogP contribution is -2.26. The fourth-order valence-electron chi connectivity index (χ4n) is 0.534. The second-order valence-electron chi connectivity index (χ2n) is 1.77. The normalized spacial score (nSPS) is 20.0. The highest BCUT2D eigenvalue weighted by molar-refractivity contribution is 5.27. The highest BCUT2D eigenvalue weighted by atomic mass is 15.0. The van der Waals surface area contributed by atoms with Crippen LogP contribution in [0.1, 0.15) is 6.92 Å². The molecular formula is C6H9N2. The van der Waals surface area contributed by atoms with E-state index in [1.165, 1.54) is 0 Å². The zero-order valence-corrected chi connectivity index (χ0v) is 4.81. The Kier molecular flexibility index (Phi) is 1.35. The summed E-state index contributed by atoms with van der Waals surface area (Å²) in [4.78, 5) is 0. The molecule has 3 N–H and O–H groups in total. The van der Waals surface area contributed by atoms with Gasteiger partial charge in [0.15, 0.2) is 0 Å². The maximum Gasteiger partial charge on any atom is 0.149 e. The number of nitrogens with one attached hydrogen (secondary N) is 1. The predicted molar refractivity (Wildman–Crippen MR) is 33.5 cm³/mol. The Balaban J connectivity index is 2.66. The van der Waals surface area contributed by atoms with Crippen LogP contribution < -0.4 is 11.1 Å². The van der Waals surface area contributed by atoms with Gasteiger partial charge >= 0.3 is 0 Å². The van der Waals surface area contributed by atoms with E-state index >= 15 is 0 Å². The van der Waals surface area contributed by atoms with Gasteiger partial charge in [-0.3, -0.25) is 0 Å². The molecule has 0 aromatic rings. The summed E-state index contributed by atoms with van der Waals surface area (Å²) in [6, 6.07) is 0. The molecule has 1 heterocycles. The minimum absolute atomic E-state index is 0.743. The summed E-state index contributed by atoms with van der Waals surface area (Å²) in [5, 5.41) is 2.88. The van der Waals surface area contributed by atoms with Gasteiger partial charge in [0.25, 0.3) is 0 Å². The molecule has 0 saturated carbocycles. The highest BCUT2D eigenvalue weighted by Crippen LogP contribution is 2.05. The molecule has 8 heavy (non-hydrogen) atoms. The molecule has 0 amide bonds. The summed E-state index contributed by atoms with van der Waals surface area (Å²) in [7, 11) is 0. The first-order valence-corrected chi connectivity index (χ1v) is 2.53. The Morgan fingerprint density at radius 3 is 2.75 bits per heavy atom. The summed E-state index contributed by atoms with van der Waals surface area (Å²) < 4.78 is 0. The third kappa shape index (κ3) is 0.898. The van der Waals surface area contributed by atoms with Gasteiger partial charge in [-0.25, -0.2) is 0 Å². The zero-order chi connectivity index (χ0) is 5.98. The molecule has 0 spiro atoms. The van der Waals surface area contributed by atoms with Crippen LogP contribution in [0.15, 0.2) is 23.9 Å². The van der Waals surface area contributed by atoms with Crippen LogP contribution in [-0.4, -0.2) is 0 Å². The molecule has 0 aliphatic carbocycles. The number of hydrogen-bond donors (Lipinski definition) is 2. The number of allylic oxidation sites excluding steroid dienone is 2. The summed E-state index contributed by atoms with van der Waals surface area (Å²) in [6.45, 7) is 1.96. The number of rotatable bonds is 0. The molecule has 0 atom stereocenters. The smallest absolute Gasteiger partial charge is 0.149 e. The number of hydrogen-bond acceptors (Lipinski definition) is 2. The van der Waals surface area contributed by atoms with Crippen LogP contribution in [-0.2, 0) is 0 Å². The fraction of sp³-hybridized carbons (Fsp3) is 0.167. The maximum absolute atomic E-state index is 5.46. The third-order valence-corrected chi connectivity index (χ3v) is 1.11. The lowest BCUT2D eigenvalue weighted by molar-refractivity contribution is 0.852. The Morgan fingerprint density at radius 1 is 1.62 bits per heavy atom. The fourth-order valence-corrected chi connectivity index (χ4v) is 0.534. The van der Waals surface area contributed by atoms with E-state index in [-0.39, 0.29) is 0 Å². The molecule has 1 aliphatic heterocycles. The van der Waals surface area contributed by atoms with Crippen molar-refractivity contribution in [3.8, 4) is 0 Å². The lowest BCUT2D eigenvalue weighted by Gasteiger charge is -2.12. The molecule has 2 heteroatoms. The topological polar surface area (TPSA) is 38.0 Å². The van der Waals surface area contributed by atoms with Crippen molar-refractivity contribution in [2.24, 2.45) is 5.73 Å². The van der Waals surface area contributed by atoms with Gasteiger partial charge in [-0.05, 0) is 24.8 Å². The molecule has 0 aromatic carbocycles. The van der Waals surface area contributed by atoms with Gasteiger partial charge in [0, 0.05) is 0 Å². The maximum atomic E-state index is 5.46. The second kappa shape index (κ2) is 2.01. The summed E-state index contributed by atoms with van der Waals surface area (Å²) >= 11 is 0. The minimum atomic E-state index is 0.743. The van der Waals surface area contributed by atoms with Crippen LogP contribution >= 0.6 is 0 Å². The van der Waals surface area contributed by atoms with Crippen molar-refractivity contribution in [2.45, 2.75) is 6.92 Å². The summed E-state index contributed by atoms with van der Waals surface area (Å²) in [5.74, 6) is 0. The molecule has 0 saturated heterocycles. The first-order valence-electron chi connectivity index (χ1n) is 2.53. The molecule has 0 aromatic heterocycles. The van der Waals surface area contributed by atoms with E-state index in [0.717, 1.165) is 11.7 Å². The van der Waals surface area contributed by atoms with Crippen molar-refractivity contribution in [3.05, 3.63) is 30.1 Å². The molecule has 43 valence electrons. The standard InChI is InChI=1S/C6H9N2/c1-5-3-2-4-8-6(5)7/h2-4,8H,7H2,1H3. The molecule has 0 bridgehead atoms. The molecular weight excluding hydrogens is 100 g/mol. The third-order valence-electron chi connectivity index (χ3n) is 1.11. The minimum Gasteiger partial charge on any atom is -0.367 e. The highest BCUT2D eigenvalue weighted by Gasteiger charge is 2.03. The van der Waals surface area contributed by atoms with E-state index in [1.807, 2.05) is 25.3 Å². The van der Waals surface area contributed by atoms with Crippen LogP contribution in [0, 0.1) is 6.17 Å². The van der Waals surface area contributed by atoms with Gasteiger partial charge in [0.05, 0.1) is 0 Å². The Labute approximate surface area is 49.1 Å². The van der Waals surface area contributed by atoms with E-state index in [0.29, 0.717) is 0 Å². The average Bonchev–Trinajstić information content (AvgIpc) is 1.77. The zero-order valence-electron chi connectivity index (χ0n) is 4.81. The molecule has 1 aliphatic rings. The molecule has 2 nitrogen and oxygen atoms in total. The second-order valence-corrected chi connectivity index (χ2v) is 1.77. The summed E-state index contributed by atoms with van der Waals surface area (Å²) in [5.41, 5.74) is 6.55. The monoisotopic (exact) mass is 109 g/mol. The van der Waals surface area contributed by atoms with Crippen LogP contribution in [0.25, 0.3) is 0 Å². The SMILES string of the molecule is CC1=CC=CN[C]1N. The average molecular weight is 109 g/mol. The van der Waals surface area contributed by atoms with Gasteiger partial charge < -0.3 is 11.1 Å². The molecule has 0 unspecified atom stereocenters. The Bertz CT molecular complexity index is 135. The number of dihydropyridines is 1. The van der Waals surface area contributed by atoms with Gasteiger partial charge in [0.1, 0.15) is 6.17 Å². The Hall–Kier alpha value is -0.760. The quantitative estimate of drug-likeness (QED) is 0.475. The van der Waals surface area contributed by atoms with E-state index in [9.17, 15) is 0 Å². The molecule has 0 fully saturated rings. The first-order chi connectivity index (χ1) is 3.80. The van der Waals surface area contributed by atoms with Gasteiger partial charge in [-0.1, -0.05) is 6.08 Å². The van der Waals surface area contributed by atoms with Gasteiger partial charge in [-0.15, -0.1) is 0 Å². The van der Waals surface area contributed by atoms with E-state index in [1.54, 1.807) is 0 Å². The van der Waals surface area contributed by atoms with Crippen molar-refractivity contribution < 1.29 is 0 Å². The van der Waals surface area contributed by atoms with Crippen molar-refractivity contribution in [1.29, 1.82) is 0 Å². The van der Waals surface area contributed by atoms with E-state index in [2.05, 4.69) is 5.32 Å². The van der Waals surface area contributed by atoms with Crippen LogP contribution in [0.4, 0.5) is 0 Å². The van der Waals surface area contributed by atoms with E-state index in [4.69, 9.17) is 5.73 Å². The predicted octanol–water partition coefficient (Wildman–Crippen LogP) is 0.498. The van der Waals surface area contributed by atoms with Crippen molar-refractivity contribution in [3.63, 3.8) is 0 Å². The first kappa shape index (κ1) is 5.38. The van der Waals surface area contributed by atoms with Gasteiger partial charge in [-0.2, -0.15) is 0 Å². The Morgan fingerprint density at radius 2 is 2.38 bits per heavy atom. The van der Waals surface area contributed by atoms with Crippen molar-refractivity contribution >= 4 is 0 Å². The van der Waals surface area contributed by atoms with Crippen molar-refractivity contribution in [2.75, 3.05) is 0 Å². The van der Waals surface area contributed by atoms with Gasteiger partial charge in [0.2, 0.25) is 0 Å². The van der Waals surface area contributed by atoms with Crippen LogP contribution in [0.2, 0.25) is 0 Å².